The molecule has 0 saturated heterocycles. The van der Waals surface area contributed by atoms with Crippen molar-refractivity contribution in [3.63, 3.8) is 0 Å². The van der Waals surface area contributed by atoms with Crippen molar-refractivity contribution in [2.24, 2.45) is 10.3 Å². The summed E-state index contributed by atoms with van der Waals surface area (Å²) < 4.78 is 1.04. The molecule has 0 saturated carbocycles. The van der Waals surface area contributed by atoms with Crippen LogP contribution in [0.25, 0.3) is 0 Å². The van der Waals surface area contributed by atoms with E-state index in [1.807, 2.05) is 63.2 Å². The maximum absolute atomic E-state index is 5.60. The summed E-state index contributed by atoms with van der Waals surface area (Å²) in [5.74, 6) is 0. The smallest absolute Gasteiger partial charge is 0.143 e. The lowest BCUT2D eigenvalue weighted by Crippen LogP contribution is -2.05. The average Bonchev–Trinajstić information content (AvgIpc) is 2.57. The molecule has 0 radical (unpaired) electrons. The molecule has 0 aromatic heterocycles. The summed E-state index contributed by atoms with van der Waals surface area (Å²) in [4.78, 5) is 10.5. The maximum Gasteiger partial charge on any atom is 0.143 e. The van der Waals surface area contributed by atoms with Crippen molar-refractivity contribution in [3.8, 4) is 0 Å². The fraction of sp³-hybridized carbons (Fsp3) is 0.263. The Bertz CT molecular complexity index is 752. The molecule has 126 valence electrons. The molecule has 0 N–H and O–H groups in total. The number of benzene rings is 2. The van der Waals surface area contributed by atoms with E-state index < -0.39 is 0 Å². The summed E-state index contributed by atoms with van der Waals surface area (Å²) in [6.45, 7) is 6.28. The van der Waals surface area contributed by atoms with Crippen LogP contribution in [0, 0.1) is 6.92 Å². The molecule has 0 spiro atoms. The van der Waals surface area contributed by atoms with Gasteiger partial charge in [0.1, 0.15) is 13.7 Å². The quantitative estimate of drug-likeness (QED) is 0.512. The highest BCUT2D eigenvalue weighted by molar-refractivity contribution is 9.10. The minimum atomic E-state index is 0.381. The van der Waals surface area contributed by atoms with E-state index >= 15 is 0 Å². The fourth-order valence-corrected chi connectivity index (χ4v) is 2.62. The Morgan fingerprint density at radius 1 is 1.00 bits per heavy atom. The van der Waals surface area contributed by atoms with Crippen LogP contribution in [0.15, 0.2) is 57.2 Å². The van der Waals surface area contributed by atoms with E-state index in [0.29, 0.717) is 6.61 Å². The van der Waals surface area contributed by atoms with Gasteiger partial charge in [0, 0.05) is 15.6 Å². The Hall–Kier alpha value is -2.14. The molecule has 0 bridgehead atoms. The van der Waals surface area contributed by atoms with Gasteiger partial charge in [0.25, 0.3) is 0 Å². The van der Waals surface area contributed by atoms with Crippen LogP contribution in [0.2, 0.25) is 0 Å². The van der Waals surface area contributed by atoms with Gasteiger partial charge >= 0.3 is 0 Å². The first-order valence-corrected chi connectivity index (χ1v) is 8.41. The van der Waals surface area contributed by atoms with Crippen LogP contribution in [0.3, 0.4) is 0 Å². The lowest BCUT2D eigenvalue weighted by atomic mass is 10.00. The summed E-state index contributed by atoms with van der Waals surface area (Å²) in [6, 6.07) is 14.0. The minimum absolute atomic E-state index is 0.381. The molecule has 0 fully saturated rings. The van der Waals surface area contributed by atoms with Crippen molar-refractivity contribution in [1.82, 2.24) is 0 Å². The van der Waals surface area contributed by atoms with E-state index in [2.05, 4.69) is 26.2 Å². The Kier molecular flexibility index (Phi) is 6.55. The molecule has 0 aliphatic heterocycles. The second-order valence-electron chi connectivity index (χ2n) is 5.42. The van der Waals surface area contributed by atoms with E-state index in [1.54, 1.807) is 7.11 Å². The van der Waals surface area contributed by atoms with Crippen LogP contribution in [0.1, 0.15) is 36.1 Å². The average molecular weight is 389 g/mol. The van der Waals surface area contributed by atoms with E-state index in [4.69, 9.17) is 9.68 Å². The lowest BCUT2D eigenvalue weighted by Gasteiger charge is -2.11. The van der Waals surface area contributed by atoms with Gasteiger partial charge in [-0.25, -0.2) is 0 Å². The second kappa shape index (κ2) is 8.64. The van der Waals surface area contributed by atoms with Crippen LogP contribution >= 0.6 is 15.9 Å². The highest BCUT2D eigenvalue weighted by atomic mass is 79.9. The fourth-order valence-electron chi connectivity index (χ4n) is 2.36. The summed E-state index contributed by atoms with van der Waals surface area (Å²) in [6.07, 6.45) is 0. The predicted molar refractivity (Wildman–Crippen MR) is 102 cm³/mol. The zero-order valence-electron chi connectivity index (χ0n) is 14.3. The third-order valence-corrected chi connectivity index (χ3v) is 4.23. The first kappa shape index (κ1) is 18.2. The molecule has 0 amide bonds. The molecule has 0 heterocycles. The van der Waals surface area contributed by atoms with Crippen molar-refractivity contribution in [2.45, 2.75) is 27.4 Å². The highest BCUT2D eigenvalue weighted by Crippen LogP contribution is 2.17. The molecule has 0 aliphatic rings. The standard InChI is InChI=1S/C19H21BrN2O2/c1-13-6-5-7-18(15(3)21-23-4)19(13)12-24-22-14(2)16-8-10-17(20)11-9-16/h5-11H,12H2,1-4H3/b21-15-,22-14+. The maximum atomic E-state index is 5.60. The number of nitrogens with zero attached hydrogens (tertiary/aromatic N) is 2. The molecular weight excluding hydrogens is 368 g/mol. The van der Waals surface area contributed by atoms with Crippen LogP contribution in [0.4, 0.5) is 0 Å². The summed E-state index contributed by atoms with van der Waals surface area (Å²) in [5.41, 5.74) is 5.87. The number of halogens is 1. The van der Waals surface area contributed by atoms with E-state index in [0.717, 1.165) is 38.1 Å². The van der Waals surface area contributed by atoms with Crippen molar-refractivity contribution in [3.05, 3.63) is 69.2 Å². The van der Waals surface area contributed by atoms with Crippen LogP contribution in [-0.4, -0.2) is 18.5 Å². The largest absolute Gasteiger partial charge is 0.399 e. The number of rotatable bonds is 6. The third-order valence-electron chi connectivity index (χ3n) is 3.70. The molecular formula is C19H21BrN2O2. The molecule has 0 atom stereocenters. The van der Waals surface area contributed by atoms with Crippen molar-refractivity contribution in [2.75, 3.05) is 7.11 Å². The highest BCUT2D eigenvalue weighted by Gasteiger charge is 2.09. The van der Waals surface area contributed by atoms with Crippen LogP contribution < -0.4 is 0 Å². The van der Waals surface area contributed by atoms with Gasteiger partial charge in [0.15, 0.2) is 0 Å². The van der Waals surface area contributed by atoms with E-state index in [1.165, 1.54) is 0 Å². The SMILES string of the molecule is CO/N=C(/C)c1cccc(C)c1CO/N=C(\C)c1ccc(Br)cc1. The van der Waals surface area contributed by atoms with E-state index in [-0.39, 0.29) is 0 Å². The normalized spacial score (nSPS) is 12.2. The summed E-state index contributed by atoms with van der Waals surface area (Å²) >= 11 is 3.43. The minimum Gasteiger partial charge on any atom is -0.399 e. The monoisotopic (exact) mass is 388 g/mol. The van der Waals surface area contributed by atoms with Gasteiger partial charge in [0.05, 0.1) is 11.4 Å². The first-order valence-electron chi connectivity index (χ1n) is 7.62. The van der Waals surface area contributed by atoms with Gasteiger partial charge in [0.2, 0.25) is 0 Å². The molecule has 5 heteroatoms. The predicted octanol–water partition coefficient (Wildman–Crippen LogP) is 5.07. The van der Waals surface area contributed by atoms with Crippen LogP contribution in [-0.2, 0) is 16.3 Å². The second-order valence-corrected chi connectivity index (χ2v) is 6.33. The number of aryl methyl sites for hydroxylation is 1. The van der Waals surface area contributed by atoms with Crippen molar-refractivity contribution < 1.29 is 9.68 Å². The summed E-state index contributed by atoms with van der Waals surface area (Å²) in [5, 5.41) is 8.25. The first-order chi connectivity index (χ1) is 11.5. The zero-order valence-corrected chi connectivity index (χ0v) is 15.9. The number of hydrogen-bond acceptors (Lipinski definition) is 4. The Morgan fingerprint density at radius 2 is 1.71 bits per heavy atom. The number of hydrogen-bond donors (Lipinski definition) is 0. The van der Waals surface area contributed by atoms with Gasteiger partial charge < -0.3 is 9.68 Å². The number of oxime groups is 2. The van der Waals surface area contributed by atoms with Gasteiger partial charge in [-0.3, -0.25) is 0 Å². The van der Waals surface area contributed by atoms with Crippen molar-refractivity contribution >= 4 is 27.4 Å². The molecule has 2 aromatic carbocycles. The molecule has 2 aromatic rings. The molecule has 24 heavy (non-hydrogen) atoms. The Labute approximate surface area is 151 Å². The molecule has 0 aliphatic carbocycles. The Morgan fingerprint density at radius 3 is 2.38 bits per heavy atom. The molecule has 0 unspecified atom stereocenters. The topological polar surface area (TPSA) is 43.2 Å². The van der Waals surface area contributed by atoms with Crippen molar-refractivity contribution in [1.29, 1.82) is 0 Å². The summed E-state index contributed by atoms with van der Waals surface area (Å²) in [7, 11) is 1.54. The lowest BCUT2D eigenvalue weighted by molar-refractivity contribution is 0.130. The van der Waals surface area contributed by atoms with Gasteiger partial charge in [-0.2, -0.15) is 0 Å². The molecule has 4 nitrogen and oxygen atoms in total. The van der Waals surface area contributed by atoms with Gasteiger partial charge in [-0.05, 0) is 44.0 Å². The van der Waals surface area contributed by atoms with E-state index in [9.17, 15) is 0 Å². The van der Waals surface area contributed by atoms with Crippen LogP contribution in [0.5, 0.6) is 0 Å². The zero-order chi connectivity index (χ0) is 17.5. The molecule has 2 rings (SSSR count). The van der Waals surface area contributed by atoms with Gasteiger partial charge in [-0.15, -0.1) is 0 Å². The van der Waals surface area contributed by atoms with Gasteiger partial charge in [-0.1, -0.05) is 56.6 Å². The Balaban J connectivity index is 2.16. The third kappa shape index (κ3) is 4.68.